The fourth-order valence-corrected chi connectivity index (χ4v) is 3.04. The second-order valence-corrected chi connectivity index (χ2v) is 7.09. The van der Waals surface area contributed by atoms with Gasteiger partial charge in [0, 0.05) is 12.0 Å². The smallest absolute Gasteiger partial charge is 0.185 e. The van der Waals surface area contributed by atoms with Gasteiger partial charge in [-0.25, -0.2) is 0 Å². The van der Waals surface area contributed by atoms with E-state index >= 15 is 0 Å². The number of halogens is 1. The van der Waals surface area contributed by atoms with E-state index in [0.29, 0.717) is 16.1 Å². The van der Waals surface area contributed by atoms with E-state index in [1.807, 2.05) is 13.8 Å². The Morgan fingerprint density at radius 3 is 2.53 bits per heavy atom. The number of hydrogen-bond donors (Lipinski definition) is 0. The van der Waals surface area contributed by atoms with Crippen LogP contribution in [0.2, 0.25) is 5.02 Å². The number of ketones is 1. The molecular formula is C15H23ClN2O. The van der Waals surface area contributed by atoms with Gasteiger partial charge in [-0.1, -0.05) is 25.4 Å². The van der Waals surface area contributed by atoms with Crippen LogP contribution in [0.15, 0.2) is 6.20 Å². The van der Waals surface area contributed by atoms with Gasteiger partial charge in [0.05, 0.1) is 11.2 Å². The summed E-state index contributed by atoms with van der Waals surface area (Å²) in [7, 11) is 0. The maximum atomic E-state index is 12.7. The summed E-state index contributed by atoms with van der Waals surface area (Å²) in [6, 6.07) is 0.159. The molecule has 2 rings (SSSR count). The Labute approximate surface area is 120 Å². The molecule has 0 spiro atoms. The summed E-state index contributed by atoms with van der Waals surface area (Å²) < 4.78 is 1.75. The monoisotopic (exact) mass is 282 g/mol. The van der Waals surface area contributed by atoms with Crippen molar-refractivity contribution in [2.45, 2.75) is 59.4 Å². The number of nitrogens with zero attached hydrogens (tertiary/aromatic N) is 2. The molecule has 0 unspecified atom stereocenters. The highest BCUT2D eigenvalue weighted by molar-refractivity contribution is 6.33. The van der Waals surface area contributed by atoms with Crippen LogP contribution in [0.1, 0.15) is 69.9 Å². The van der Waals surface area contributed by atoms with Crippen molar-refractivity contribution in [2.24, 2.45) is 11.3 Å². The molecule has 1 aromatic rings. The molecular weight excluding hydrogens is 260 g/mol. The van der Waals surface area contributed by atoms with Crippen LogP contribution >= 0.6 is 11.6 Å². The van der Waals surface area contributed by atoms with Crippen molar-refractivity contribution in [3.05, 3.63) is 16.9 Å². The molecule has 1 aromatic heterocycles. The first-order valence-corrected chi connectivity index (χ1v) is 7.47. The number of carbonyl (C=O) groups excluding carboxylic acids is 1. The van der Waals surface area contributed by atoms with Crippen molar-refractivity contribution >= 4 is 17.4 Å². The van der Waals surface area contributed by atoms with E-state index in [4.69, 9.17) is 11.6 Å². The standard InChI is InChI=1S/C15H23ClN2O/c1-10(2)18-13(12(16)9-17-18)14(19)11-5-7-15(3,4)8-6-11/h9-11H,5-8H2,1-4H3. The van der Waals surface area contributed by atoms with E-state index < -0.39 is 0 Å². The molecule has 0 aromatic carbocycles. The molecule has 4 heteroatoms. The lowest BCUT2D eigenvalue weighted by molar-refractivity contribution is 0.0825. The van der Waals surface area contributed by atoms with E-state index in [1.54, 1.807) is 10.9 Å². The van der Waals surface area contributed by atoms with E-state index in [2.05, 4.69) is 18.9 Å². The average molecular weight is 283 g/mol. The quantitative estimate of drug-likeness (QED) is 0.764. The van der Waals surface area contributed by atoms with Gasteiger partial charge in [0.15, 0.2) is 5.78 Å². The van der Waals surface area contributed by atoms with Crippen molar-refractivity contribution in [3.63, 3.8) is 0 Å². The van der Waals surface area contributed by atoms with Crippen LogP contribution in [0.4, 0.5) is 0 Å². The zero-order valence-corrected chi connectivity index (χ0v) is 13.0. The highest BCUT2D eigenvalue weighted by atomic mass is 35.5. The van der Waals surface area contributed by atoms with E-state index in [-0.39, 0.29) is 17.7 Å². The summed E-state index contributed by atoms with van der Waals surface area (Å²) in [5.41, 5.74) is 0.972. The van der Waals surface area contributed by atoms with Gasteiger partial charge < -0.3 is 0 Å². The average Bonchev–Trinajstić information content (AvgIpc) is 2.70. The molecule has 1 aliphatic rings. The molecule has 106 valence electrons. The van der Waals surface area contributed by atoms with E-state index in [9.17, 15) is 4.79 Å². The zero-order chi connectivity index (χ0) is 14.2. The maximum absolute atomic E-state index is 12.7. The van der Waals surface area contributed by atoms with Crippen LogP contribution in [0.5, 0.6) is 0 Å². The summed E-state index contributed by atoms with van der Waals surface area (Å²) in [5.74, 6) is 0.284. The van der Waals surface area contributed by atoms with Gasteiger partial charge in [-0.05, 0) is 44.9 Å². The van der Waals surface area contributed by atoms with Gasteiger partial charge >= 0.3 is 0 Å². The Morgan fingerprint density at radius 2 is 2.00 bits per heavy atom. The number of carbonyl (C=O) groups is 1. The van der Waals surface area contributed by atoms with Gasteiger partial charge in [0.2, 0.25) is 0 Å². The van der Waals surface area contributed by atoms with Crippen LogP contribution in [-0.2, 0) is 0 Å². The Hall–Kier alpha value is -0.830. The SMILES string of the molecule is CC(C)n1ncc(Cl)c1C(=O)C1CCC(C)(C)CC1. The molecule has 0 N–H and O–H groups in total. The Balaban J connectivity index is 2.19. The lowest BCUT2D eigenvalue weighted by Crippen LogP contribution is -2.28. The maximum Gasteiger partial charge on any atom is 0.185 e. The molecule has 3 nitrogen and oxygen atoms in total. The molecule has 19 heavy (non-hydrogen) atoms. The predicted molar refractivity (Wildman–Crippen MR) is 77.7 cm³/mol. The van der Waals surface area contributed by atoms with Crippen molar-refractivity contribution in [1.82, 2.24) is 9.78 Å². The van der Waals surface area contributed by atoms with Gasteiger partial charge in [-0.3, -0.25) is 9.48 Å². The summed E-state index contributed by atoms with van der Waals surface area (Å²) in [6.07, 6.45) is 5.73. The lowest BCUT2D eigenvalue weighted by Gasteiger charge is -2.33. The predicted octanol–water partition coefficient (Wildman–Crippen LogP) is 4.52. The molecule has 1 saturated carbocycles. The van der Waals surface area contributed by atoms with Crippen molar-refractivity contribution < 1.29 is 4.79 Å². The topological polar surface area (TPSA) is 34.9 Å². The van der Waals surface area contributed by atoms with Gasteiger partial charge in [-0.15, -0.1) is 0 Å². The third-order valence-corrected chi connectivity index (χ3v) is 4.46. The highest BCUT2D eigenvalue weighted by Gasteiger charge is 2.33. The van der Waals surface area contributed by atoms with Crippen molar-refractivity contribution in [1.29, 1.82) is 0 Å². The summed E-state index contributed by atoms with van der Waals surface area (Å²) >= 11 is 6.15. The molecule has 0 atom stereocenters. The Kier molecular flexibility index (Phi) is 4.05. The zero-order valence-electron chi connectivity index (χ0n) is 12.2. The Bertz CT molecular complexity index is 466. The minimum absolute atomic E-state index is 0.111. The molecule has 0 saturated heterocycles. The fourth-order valence-electron chi connectivity index (χ4n) is 2.82. The molecule has 0 bridgehead atoms. The van der Waals surface area contributed by atoms with Gasteiger partial charge in [0.1, 0.15) is 5.69 Å². The molecule has 1 heterocycles. The summed E-state index contributed by atoms with van der Waals surface area (Å²) in [6.45, 7) is 8.59. The van der Waals surface area contributed by atoms with E-state index in [1.165, 1.54) is 0 Å². The van der Waals surface area contributed by atoms with E-state index in [0.717, 1.165) is 25.7 Å². The number of aromatic nitrogens is 2. The summed E-state index contributed by atoms with van der Waals surface area (Å²) in [4.78, 5) is 12.7. The van der Waals surface area contributed by atoms with Crippen LogP contribution in [0.25, 0.3) is 0 Å². The number of rotatable bonds is 3. The highest BCUT2D eigenvalue weighted by Crippen LogP contribution is 2.39. The van der Waals surface area contributed by atoms with Crippen LogP contribution in [0.3, 0.4) is 0 Å². The molecule has 1 fully saturated rings. The molecule has 0 aliphatic heterocycles. The second-order valence-electron chi connectivity index (χ2n) is 6.68. The third kappa shape index (κ3) is 3.02. The second kappa shape index (κ2) is 5.28. The first-order valence-electron chi connectivity index (χ1n) is 7.09. The largest absolute Gasteiger partial charge is 0.292 e. The lowest BCUT2D eigenvalue weighted by atomic mass is 9.71. The summed E-state index contributed by atoms with van der Waals surface area (Å²) in [5, 5.41) is 4.71. The molecule has 1 aliphatic carbocycles. The number of hydrogen-bond acceptors (Lipinski definition) is 2. The Morgan fingerprint density at radius 1 is 1.42 bits per heavy atom. The van der Waals surface area contributed by atoms with Crippen LogP contribution in [0, 0.1) is 11.3 Å². The minimum Gasteiger partial charge on any atom is -0.292 e. The van der Waals surface area contributed by atoms with Crippen LogP contribution < -0.4 is 0 Å². The van der Waals surface area contributed by atoms with Gasteiger partial charge in [-0.2, -0.15) is 5.10 Å². The van der Waals surface area contributed by atoms with Gasteiger partial charge in [0.25, 0.3) is 0 Å². The van der Waals surface area contributed by atoms with Crippen molar-refractivity contribution in [2.75, 3.05) is 0 Å². The van der Waals surface area contributed by atoms with Crippen molar-refractivity contribution in [3.8, 4) is 0 Å². The molecule has 0 radical (unpaired) electrons. The fraction of sp³-hybridized carbons (Fsp3) is 0.733. The number of Topliss-reactive ketones (excluding diaryl/α,β-unsaturated/α-hetero) is 1. The minimum atomic E-state index is 0.111. The first kappa shape index (κ1) is 14.6. The molecule has 0 amide bonds. The normalized spacial score (nSPS) is 19.9. The third-order valence-electron chi connectivity index (χ3n) is 4.18. The van der Waals surface area contributed by atoms with Crippen LogP contribution in [-0.4, -0.2) is 15.6 Å². The first-order chi connectivity index (χ1) is 8.82.